The largest absolute Gasteiger partial charge is 0.511 e. The van der Waals surface area contributed by atoms with Gasteiger partial charge in [-0.2, -0.15) is 0 Å². The van der Waals surface area contributed by atoms with Crippen molar-refractivity contribution in [3.05, 3.63) is 33.3 Å². The van der Waals surface area contributed by atoms with E-state index >= 15 is 0 Å². The van der Waals surface area contributed by atoms with Crippen LogP contribution >= 0.6 is 23.2 Å². The second-order valence-electron chi connectivity index (χ2n) is 2.94. The summed E-state index contributed by atoms with van der Waals surface area (Å²) in [4.78, 5) is 10.9. The van der Waals surface area contributed by atoms with Crippen LogP contribution in [-0.4, -0.2) is 11.0 Å². The molecule has 0 radical (unpaired) electrons. The summed E-state index contributed by atoms with van der Waals surface area (Å²) < 4.78 is 13.2. The molecule has 3 nitrogen and oxygen atoms in total. The topological polar surface area (TPSA) is 63.3 Å². The second kappa shape index (κ2) is 4.68. The molecule has 0 aromatic carbocycles. The molecule has 0 unspecified atom stereocenters. The Morgan fingerprint density at radius 3 is 2.60 bits per heavy atom. The summed E-state index contributed by atoms with van der Waals surface area (Å²) in [7, 11) is 0. The van der Waals surface area contributed by atoms with Crippen LogP contribution < -0.4 is 5.73 Å². The third-order valence-corrected chi connectivity index (χ3v) is 2.66. The van der Waals surface area contributed by atoms with Crippen molar-refractivity contribution in [2.45, 2.75) is 12.8 Å². The zero-order valence-electron chi connectivity index (χ0n) is 7.56. The predicted octanol–water partition coefficient (Wildman–Crippen LogP) is 2.62. The Labute approximate surface area is 95.7 Å². The van der Waals surface area contributed by atoms with Crippen molar-refractivity contribution in [2.24, 2.45) is 5.73 Å². The summed E-state index contributed by atoms with van der Waals surface area (Å²) in [6.45, 7) is 0. The van der Waals surface area contributed by atoms with Gasteiger partial charge in [-0.1, -0.05) is 23.2 Å². The number of nitrogens with two attached hydrogens (primary N) is 1. The van der Waals surface area contributed by atoms with Crippen LogP contribution in [-0.2, 0) is 4.79 Å². The van der Waals surface area contributed by atoms with Gasteiger partial charge in [-0.05, 0) is 12.5 Å². The predicted molar refractivity (Wildman–Crippen MR) is 56.0 cm³/mol. The fourth-order valence-electron chi connectivity index (χ4n) is 1.06. The lowest BCUT2D eigenvalue weighted by molar-refractivity contribution is -0.114. The van der Waals surface area contributed by atoms with E-state index in [2.05, 4.69) is 0 Å². The van der Waals surface area contributed by atoms with Crippen LogP contribution in [0.15, 0.2) is 33.3 Å². The Morgan fingerprint density at radius 2 is 2.07 bits per heavy atom. The highest BCUT2D eigenvalue weighted by Crippen LogP contribution is 2.29. The maximum Gasteiger partial charge on any atom is 0.250 e. The number of amides is 1. The van der Waals surface area contributed by atoms with Crippen molar-refractivity contribution in [1.82, 2.24) is 0 Å². The molecular weight excluding hydrogens is 244 g/mol. The lowest BCUT2D eigenvalue weighted by atomic mass is 10.1. The van der Waals surface area contributed by atoms with Crippen LogP contribution in [0, 0.1) is 0 Å². The van der Waals surface area contributed by atoms with Crippen molar-refractivity contribution in [2.75, 3.05) is 0 Å². The summed E-state index contributed by atoms with van der Waals surface area (Å²) in [5.41, 5.74) is 4.69. The number of hydrogen-bond acceptors (Lipinski definition) is 2. The highest BCUT2D eigenvalue weighted by molar-refractivity contribution is 6.35. The Kier molecular flexibility index (Phi) is 3.77. The molecule has 0 spiro atoms. The molecule has 1 aliphatic carbocycles. The van der Waals surface area contributed by atoms with Gasteiger partial charge in [0.15, 0.2) is 0 Å². The van der Waals surface area contributed by atoms with E-state index in [0.717, 1.165) is 6.08 Å². The zero-order valence-corrected chi connectivity index (χ0v) is 9.07. The highest BCUT2D eigenvalue weighted by atomic mass is 35.5. The number of aliphatic hydroxyl groups excluding tert-OH is 1. The number of rotatable bonds is 1. The molecule has 3 N–H and O–H groups in total. The molecule has 6 heteroatoms. The SMILES string of the molecule is NC(=O)C1=C/C(F)=C(/Cl)CCC(O)=C1Cl. The van der Waals surface area contributed by atoms with E-state index in [1.165, 1.54) is 0 Å². The maximum atomic E-state index is 13.2. The van der Waals surface area contributed by atoms with Crippen LogP contribution in [0.3, 0.4) is 0 Å². The molecule has 0 aromatic heterocycles. The normalized spacial score (nSPS) is 23.3. The molecule has 15 heavy (non-hydrogen) atoms. The molecule has 0 bridgehead atoms. The number of primary amides is 1. The first kappa shape index (κ1) is 12.1. The first-order chi connectivity index (χ1) is 6.93. The third-order valence-electron chi connectivity index (χ3n) is 1.87. The van der Waals surface area contributed by atoms with Gasteiger partial charge in [0, 0.05) is 6.42 Å². The van der Waals surface area contributed by atoms with Crippen LogP contribution in [0.25, 0.3) is 0 Å². The standard InChI is InChI=1S/C9H8Cl2FNO2/c10-5-1-2-7(14)8(11)4(9(13)15)3-6(5)12/h3,14H,1-2H2,(H2,13,15)/b4-3?,6-5-,8-7?. The van der Waals surface area contributed by atoms with Crippen molar-refractivity contribution < 1.29 is 14.3 Å². The Balaban J connectivity index is 3.30. The van der Waals surface area contributed by atoms with Gasteiger partial charge < -0.3 is 10.8 Å². The average Bonchev–Trinajstić information content (AvgIpc) is 2.18. The number of carbonyl (C=O) groups excluding carboxylic acids is 1. The number of hydrogen-bond donors (Lipinski definition) is 2. The summed E-state index contributed by atoms with van der Waals surface area (Å²) in [5.74, 6) is -1.92. The number of aliphatic hydroxyl groups is 1. The van der Waals surface area contributed by atoms with Gasteiger partial charge in [0.25, 0.3) is 0 Å². The van der Waals surface area contributed by atoms with E-state index in [9.17, 15) is 14.3 Å². The summed E-state index contributed by atoms with van der Waals surface area (Å²) in [6.07, 6.45) is 1.01. The Bertz CT molecular complexity index is 399. The van der Waals surface area contributed by atoms with E-state index in [0.29, 0.717) is 0 Å². The summed E-state index contributed by atoms with van der Waals surface area (Å²) >= 11 is 11.2. The zero-order chi connectivity index (χ0) is 11.6. The van der Waals surface area contributed by atoms with Crippen LogP contribution in [0.2, 0.25) is 0 Å². The molecule has 0 heterocycles. The molecule has 0 aliphatic heterocycles. The molecule has 0 saturated heterocycles. The van der Waals surface area contributed by atoms with Crippen molar-refractivity contribution in [1.29, 1.82) is 0 Å². The van der Waals surface area contributed by atoms with Crippen molar-refractivity contribution >= 4 is 29.1 Å². The Morgan fingerprint density at radius 1 is 1.47 bits per heavy atom. The fourth-order valence-corrected chi connectivity index (χ4v) is 1.45. The van der Waals surface area contributed by atoms with Crippen LogP contribution in [0.4, 0.5) is 4.39 Å². The maximum absolute atomic E-state index is 13.2. The van der Waals surface area contributed by atoms with Crippen molar-refractivity contribution in [3.63, 3.8) is 0 Å². The van der Waals surface area contributed by atoms with E-state index in [1.54, 1.807) is 0 Å². The van der Waals surface area contributed by atoms with Crippen LogP contribution in [0.5, 0.6) is 0 Å². The van der Waals surface area contributed by atoms with E-state index in [-0.39, 0.29) is 34.2 Å². The van der Waals surface area contributed by atoms with Gasteiger partial charge in [0.2, 0.25) is 5.91 Å². The number of allylic oxidation sites excluding steroid dienone is 4. The third kappa shape index (κ3) is 2.73. The van der Waals surface area contributed by atoms with E-state index in [1.807, 2.05) is 0 Å². The summed E-state index contributed by atoms with van der Waals surface area (Å²) in [5, 5.41) is 9.09. The average molecular weight is 252 g/mol. The highest BCUT2D eigenvalue weighted by Gasteiger charge is 2.19. The first-order valence-corrected chi connectivity index (χ1v) is 4.82. The Hall–Kier alpha value is -1.00. The lowest BCUT2D eigenvalue weighted by Crippen LogP contribution is -2.15. The molecule has 0 fully saturated rings. The van der Waals surface area contributed by atoms with Gasteiger partial charge in [-0.25, -0.2) is 4.39 Å². The molecule has 1 amide bonds. The van der Waals surface area contributed by atoms with E-state index in [4.69, 9.17) is 28.9 Å². The molecule has 0 saturated carbocycles. The monoisotopic (exact) mass is 251 g/mol. The van der Waals surface area contributed by atoms with Gasteiger partial charge in [0.05, 0.1) is 15.6 Å². The minimum atomic E-state index is -0.923. The van der Waals surface area contributed by atoms with Gasteiger partial charge >= 0.3 is 0 Å². The van der Waals surface area contributed by atoms with Crippen molar-refractivity contribution in [3.8, 4) is 0 Å². The second-order valence-corrected chi connectivity index (χ2v) is 3.77. The molecular formula is C9H8Cl2FNO2. The van der Waals surface area contributed by atoms with Gasteiger partial charge in [-0.3, -0.25) is 4.79 Å². The minimum Gasteiger partial charge on any atom is -0.511 e. The van der Waals surface area contributed by atoms with Gasteiger partial charge in [0.1, 0.15) is 11.6 Å². The molecule has 1 aliphatic rings. The number of carbonyl (C=O) groups is 1. The van der Waals surface area contributed by atoms with Crippen LogP contribution in [0.1, 0.15) is 12.8 Å². The lowest BCUT2D eigenvalue weighted by Gasteiger charge is -2.09. The molecule has 82 valence electrons. The quantitative estimate of drug-likeness (QED) is 0.753. The fraction of sp³-hybridized carbons (Fsp3) is 0.222. The van der Waals surface area contributed by atoms with Gasteiger partial charge in [-0.15, -0.1) is 0 Å². The molecule has 0 aromatic rings. The first-order valence-electron chi connectivity index (χ1n) is 4.07. The molecule has 1 rings (SSSR count). The minimum absolute atomic E-state index is 0.0652. The molecule has 0 atom stereocenters. The smallest absolute Gasteiger partial charge is 0.250 e. The number of halogens is 3. The summed E-state index contributed by atoms with van der Waals surface area (Å²) in [6, 6.07) is 0. The van der Waals surface area contributed by atoms with E-state index < -0.39 is 11.7 Å².